The number of benzene rings is 8. The van der Waals surface area contributed by atoms with Crippen LogP contribution in [0.1, 0.15) is 0 Å². The average molecular weight is 588 g/mol. The van der Waals surface area contributed by atoms with Gasteiger partial charge in [0, 0.05) is 22.0 Å². The summed E-state index contributed by atoms with van der Waals surface area (Å²) in [6.07, 6.45) is 0. The second-order valence-corrected chi connectivity index (χ2v) is 11.7. The molecule has 1 heterocycles. The van der Waals surface area contributed by atoms with Gasteiger partial charge in [-0.15, -0.1) is 0 Å². The smallest absolute Gasteiger partial charge is 0.159 e. The normalized spacial score (nSPS) is 11.5. The predicted octanol–water partition coefficient (Wildman–Crippen LogP) is 12.7. The Labute approximate surface area is 267 Å². The number of fused-ring (bicyclic) bond motifs is 5. The molecule has 0 radical (unpaired) electrons. The molecule has 9 rings (SSSR count). The maximum Gasteiger partial charge on any atom is 0.159 e. The van der Waals surface area contributed by atoms with Crippen molar-refractivity contribution in [2.45, 2.75) is 0 Å². The molecule has 0 aliphatic rings. The zero-order chi connectivity index (χ0) is 30.5. The third-order valence-electron chi connectivity index (χ3n) is 9.06. The Morgan fingerprint density at radius 2 is 1.00 bits per heavy atom. The molecule has 46 heavy (non-hydrogen) atoms. The van der Waals surface area contributed by atoms with E-state index in [2.05, 4.69) is 169 Å². The summed E-state index contributed by atoms with van der Waals surface area (Å²) in [6.45, 7) is 0. The average Bonchev–Trinajstić information content (AvgIpc) is 3.52. The van der Waals surface area contributed by atoms with E-state index in [4.69, 9.17) is 4.42 Å². The van der Waals surface area contributed by atoms with E-state index in [1.807, 2.05) is 12.1 Å². The fraction of sp³-hybridized carbons (Fsp3) is 0. The van der Waals surface area contributed by atoms with Crippen LogP contribution in [0.5, 0.6) is 0 Å². The molecule has 2 heteroatoms. The summed E-state index contributed by atoms with van der Waals surface area (Å²) < 4.78 is 6.64. The first-order chi connectivity index (χ1) is 22.8. The molecule has 0 saturated heterocycles. The third kappa shape index (κ3) is 4.27. The standard InChI is InChI=1S/C44H29NO/c1-2-14-33(15-3-1)43-37-18-7-5-13-31(37)26-29-40(43)45(41-22-11-21-39-38-19-8-9-23-42(38)46-44(39)41)34-27-24-32(25-28-34)36-20-10-16-30-12-4-6-17-35(30)36/h1-29H. The van der Waals surface area contributed by atoms with E-state index in [1.54, 1.807) is 0 Å². The number of hydrogen-bond donors (Lipinski definition) is 0. The molecule has 9 aromatic rings. The van der Waals surface area contributed by atoms with Crippen molar-refractivity contribution in [3.63, 3.8) is 0 Å². The predicted molar refractivity (Wildman–Crippen MR) is 194 cm³/mol. The van der Waals surface area contributed by atoms with Crippen LogP contribution in [0.4, 0.5) is 17.1 Å². The van der Waals surface area contributed by atoms with Crippen LogP contribution in [0.15, 0.2) is 180 Å². The van der Waals surface area contributed by atoms with Gasteiger partial charge in [-0.3, -0.25) is 0 Å². The Bertz CT molecular complexity index is 2520. The minimum atomic E-state index is 0.869. The summed E-state index contributed by atoms with van der Waals surface area (Å²) >= 11 is 0. The topological polar surface area (TPSA) is 16.4 Å². The zero-order valence-electron chi connectivity index (χ0n) is 25.1. The first kappa shape index (κ1) is 26.3. The molecule has 0 spiro atoms. The second-order valence-electron chi connectivity index (χ2n) is 11.7. The first-order valence-electron chi connectivity index (χ1n) is 15.7. The van der Waals surface area contributed by atoms with Crippen molar-refractivity contribution >= 4 is 60.5 Å². The number of nitrogens with zero attached hydrogens (tertiary/aromatic N) is 1. The Hall–Kier alpha value is -6.12. The lowest BCUT2D eigenvalue weighted by atomic mass is 9.94. The monoisotopic (exact) mass is 587 g/mol. The van der Waals surface area contributed by atoms with Crippen molar-refractivity contribution < 1.29 is 4.42 Å². The van der Waals surface area contributed by atoms with Gasteiger partial charge in [-0.25, -0.2) is 0 Å². The van der Waals surface area contributed by atoms with Crippen LogP contribution in [-0.2, 0) is 0 Å². The molecule has 0 aliphatic carbocycles. The molecule has 1 aromatic heterocycles. The molecule has 216 valence electrons. The number of anilines is 3. The van der Waals surface area contributed by atoms with Crippen LogP contribution in [0, 0.1) is 0 Å². The Morgan fingerprint density at radius 3 is 1.83 bits per heavy atom. The van der Waals surface area contributed by atoms with E-state index < -0.39 is 0 Å². The van der Waals surface area contributed by atoms with Gasteiger partial charge in [0.25, 0.3) is 0 Å². The van der Waals surface area contributed by atoms with Gasteiger partial charge >= 0.3 is 0 Å². The maximum atomic E-state index is 6.64. The van der Waals surface area contributed by atoms with Crippen LogP contribution >= 0.6 is 0 Å². The molecule has 0 unspecified atom stereocenters. The van der Waals surface area contributed by atoms with E-state index >= 15 is 0 Å². The van der Waals surface area contributed by atoms with Gasteiger partial charge in [0.05, 0.1) is 11.4 Å². The lowest BCUT2D eigenvalue weighted by Crippen LogP contribution is -2.11. The summed E-state index contributed by atoms with van der Waals surface area (Å²) in [5.41, 5.74) is 9.68. The zero-order valence-corrected chi connectivity index (χ0v) is 25.1. The first-order valence-corrected chi connectivity index (χ1v) is 15.7. The Balaban J connectivity index is 1.32. The molecule has 8 aromatic carbocycles. The second kappa shape index (κ2) is 10.8. The van der Waals surface area contributed by atoms with Crippen molar-refractivity contribution in [2.24, 2.45) is 0 Å². The van der Waals surface area contributed by atoms with E-state index in [0.29, 0.717) is 0 Å². The molecule has 0 N–H and O–H groups in total. The van der Waals surface area contributed by atoms with Gasteiger partial charge in [-0.05, 0) is 68.6 Å². The highest BCUT2D eigenvalue weighted by Crippen LogP contribution is 2.47. The molecule has 2 nitrogen and oxygen atoms in total. The summed E-state index contributed by atoms with van der Waals surface area (Å²) in [6, 6.07) is 62.7. The van der Waals surface area contributed by atoms with E-state index in [1.165, 1.54) is 43.8 Å². The summed E-state index contributed by atoms with van der Waals surface area (Å²) in [7, 11) is 0. The van der Waals surface area contributed by atoms with Crippen molar-refractivity contribution in [3.8, 4) is 22.3 Å². The highest BCUT2D eigenvalue weighted by molar-refractivity contribution is 6.12. The van der Waals surface area contributed by atoms with Gasteiger partial charge in [0.15, 0.2) is 5.58 Å². The van der Waals surface area contributed by atoms with E-state index in [0.717, 1.165) is 39.0 Å². The summed E-state index contributed by atoms with van der Waals surface area (Å²) in [5, 5.41) is 7.13. The Morgan fingerprint density at radius 1 is 0.370 bits per heavy atom. The van der Waals surface area contributed by atoms with Crippen LogP contribution in [0.25, 0.3) is 65.7 Å². The van der Waals surface area contributed by atoms with Gasteiger partial charge in [0.1, 0.15) is 5.58 Å². The van der Waals surface area contributed by atoms with Gasteiger partial charge in [0.2, 0.25) is 0 Å². The molecular weight excluding hydrogens is 558 g/mol. The maximum absolute atomic E-state index is 6.64. The van der Waals surface area contributed by atoms with Crippen LogP contribution in [0.2, 0.25) is 0 Å². The fourth-order valence-electron chi connectivity index (χ4n) is 6.94. The van der Waals surface area contributed by atoms with Crippen LogP contribution in [-0.4, -0.2) is 0 Å². The minimum absolute atomic E-state index is 0.869. The lowest BCUT2D eigenvalue weighted by molar-refractivity contribution is 0.669. The molecule has 0 saturated carbocycles. The molecule has 0 aliphatic heterocycles. The molecule has 0 amide bonds. The quantitative estimate of drug-likeness (QED) is 0.199. The van der Waals surface area contributed by atoms with E-state index in [9.17, 15) is 0 Å². The number of rotatable bonds is 5. The Kier molecular flexibility index (Phi) is 6.17. The summed E-state index contributed by atoms with van der Waals surface area (Å²) in [5.74, 6) is 0. The third-order valence-corrected chi connectivity index (χ3v) is 9.06. The fourth-order valence-corrected chi connectivity index (χ4v) is 6.94. The molecule has 0 fully saturated rings. The van der Waals surface area contributed by atoms with Crippen molar-refractivity contribution in [3.05, 3.63) is 176 Å². The SMILES string of the molecule is c1ccc(-c2c(N(c3ccc(-c4cccc5ccccc45)cc3)c3cccc4c3oc3ccccc34)ccc3ccccc23)cc1. The number of para-hydroxylation sites is 2. The van der Waals surface area contributed by atoms with Crippen molar-refractivity contribution in [1.29, 1.82) is 0 Å². The largest absolute Gasteiger partial charge is 0.454 e. The van der Waals surface area contributed by atoms with Gasteiger partial charge in [-0.1, -0.05) is 146 Å². The van der Waals surface area contributed by atoms with Crippen molar-refractivity contribution in [1.82, 2.24) is 0 Å². The minimum Gasteiger partial charge on any atom is -0.454 e. The van der Waals surface area contributed by atoms with Crippen LogP contribution in [0.3, 0.4) is 0 Å². The highest BCUT2D eigenvalue weighted by atomic mass is 16.3. The molecule has 0 bridgehead atoms. The van der Waals surface area contributed by atoms with E-state index in [-0.39, 0.29) is 0 Å². The van der Waals surface area contributed by atoms with Crippen molar-refractivity contribution in [2.75, 3.05) is 4.90 Å². The van der Waals surface area contributed by atoms with Gasteiger partial charge < -0.3 is 9.32 Å². The number of furan rings is 1. The number of hydrogen-bond acceptors (Lipinski definition) is 2. The van der Waals surface area contributed by atoms with Crippen LogP contribution < -0.4 is 4.90 Å². The molecular formula is C44H29NO. The molecule has 0 atom stereocenters. The highest BCUT2D eigenvalue weighted by Gasteiger charge is 2.23. The van der Waals surface area contributed by atoms with Gasteiger partial charge in [-0.2, -0.15) is 0 Å². The summed E-state index contributed by atoms with van der Waals surface area (Å²) in [4.78, 5) is 2.37. The lowest BCUT2D eigenvalue weighted by Gasteiger charge is -2.29.